The molecule has 0 fully saturated rings. The number of hydrogen-bond acceptors (Lipinski definition) is 1. The molecule has 1 unspecified atom stereocenters. The predicted octanol–water partition coefficient (Wildman–Crippen LogP) is 5.77. The van der Waals surface area contributed by atoms with Crippen LogP contribution in [0.5, 0.6) is 0 Å². The Bertz CT molecular complexity index is 381. The molecular weight excluding hydrogens is 256 g/mol. The maximum atomic E-state index is 12.0. The summed E-state index contributed by atoms with van der Waals surface area (Å²) in [6.07, 6.45) is 5.42. The van der Waals surface area contributed by atoms with Crippen molar-refractivity contribution in [2.45, 2.75) is 52.9 Å². The van der Waals surface area contributed by atoms with E-state index < -0.39 is 0 Å². The number of Topliss-reactive ketones (excluding diaryl/α,β-unsaturated/α-hetero) is 1. The summed E-state index contributed by atoms with van der Waals surface area (Å²) in [6.45, 7) is 6.76. The lowest BCUT2D eigenvalue weighted by molar-refractivity contribution is 0.0973. The van der Waals surface area contributed by atoms with Gasteiger partial charge in [0.05, 0.1) is 0 Å². The summed E-state index contributed by atoms with van der Waals surface area (Å²) in [7, 11) is 0. The van der Waals surface area contributed by atoms with Gasteiger partial charge in [0.25, 0.3) is 0 Å². The molecule has 0 aliphatic carbocycles. The van der Waals surface area contributed by atoms with Gasteiger partial charge in [-0.1, -0.05) is 51.6 Å². The Morgan fingerprint density at radius 3 is 2.26 bits per heavy atom. The van der Waals surface area contributed by atoms with Gasteiger partial charge < -0.3 is 0 Å². The predicted molar refractivity (Wildman–Crippen MR) is 82.9 cm³/mol. The largest absolute Gasteiger partial charge is 0.294 e. The first-order chi connectivity index (χ1) is 8.99. The number of carbonyl (C=O) groups is 1. The highest BCUT2D eigenvalue weighted by atomic mass is 35.5. The third-order valence-corrected chi connectivity index (χ3v) is 3.76. The normalized spacial score (nSPS) is 12.7. The molecule has 0 bridgehead atoms. The Morgan fingerprint density at radius 2 is 1.68 bits per heavy atom. The van der Waals surface area contributed by atoms with Crippen LogP contribution in [0.15, 0.2) is 24.3 Å². The van der Waals surface area contributed by atoms with Gasteiger partial charge in [-0.15, -0.1) is 0 Å². The zero-order chi connectivity index (χ0) is 14.3. The number of benzene rings is 1. The van der Waals surface area contributed by atoms with Gasteiger partial charge in [0.1, 0.15) is 0 Å². The van der Waals surface area contributed by atoms with E-state index in [0.29, 0.717) is 17.4 Å². The Labute approximate surface area is 122 Å². The maximum absolute atomic E-state index is 12.0. The second-order valence-electron chi connectivity index (χ2n) is 5.90. The van der Waals surface area contributed by atoms with Crippen LogP contribution in [0.25, 0.3) is 0 Å². The van der Waals surface area contributed by atoms with Crippen molar-refractivity contribution in [3.8, 4) is 0 Å². The molecule has 0 saturated carbocycles. The third-order valence-electron chi connectivity index (χ3n) is 3.51. The van der Waals surface area contributed by atoms with Crippen LogP contribution < -0.4 is 0 Å². The van der Waals surface area contributed by atoms with Crippen LogP contribution in [0.3, 0.4) is 0 Å². The highest BCUT2D eigenvalue weighted by molar-refractivity contribution is 6.30. The van der Waals surface area contributed by atoms with Crippen LogP contribution in [-0.4, -0.2) is 5.78 Å². The average molecular weight is 281 g/mol. The summed E-state index contributed by atoms with van der Waals surface area (Å²) < 4.78 is 0. The molecule has 0 N–H and O–H groups in total. The van der Waals surface area contributed by atoms with Crippen molar-refractivity contribution in [1.29, 1.82) is 0 Å². The van der Waals surface area contributed by atoms with E-state index in [9.17, 15) is 4.79 Å². The van der Waals surface area contributed by atoms with E-state index in [4.69, 9.17) is 11.6 Å². The van der Waals surface area contributed by atoms with Gasteiger partial charge in [0.15, 0.2) is 5.78 Å². The Hall–Kier alpha value is -0.820. The molecule has 19 heavy (non-hydrogen) atoms. The summed E-state index contributed by atoms with van der Waals surface area (Å²) in [4.78, 5) is 12.0. The van der Waals surface area contributed by atoms with Crippen LogP contribution in [0, 0.1) is 11.8 Å². The van der Waals surface area contributed by atoms with Crippen molar-refractivity contribution in [3.63, 3.8) is 0 Å². The van der Waals surface area contributed by atoms with E-state index >= 15 is 0 Å². The molecule has 0 saturated heterocycles. The average Bonchev–Trinajstić information content (AvgIpc) is 2.36. The first-order valence-corrected chi connectivity index (χ1v) is 7.65. The number of hydrogen-bond donors (Lipinski definition) is 0. The molecule has 0 heterocycles. The molecule has 1 aromatic rings. The maximum Gasteiger partial charge on any atom is 0.162 e. The van der Waals surface area contributed by atoms with Crippen molar-refractivity contribution >= 4 is 17.4 Å². The van der Waals surface area contributed by atoms with Gasteiger partial charge in [-0.2, -0.15) is 0 Å². The van der Waals surface area contributed by atoms with Gasteiger partial charge in [0.2, 0.25) is 0 Å². The lowest BCUT2D eigenvalue weighted by Crippen LogP contribution is -2.03. The Morgan fingerprint density at radius 1 is 1.05 bits per heavy atom. The van der Waals surface area contributed by atoms with Gasteiger partial charge in [-0.25, -0.2) is 0 Å². The lowest BCUT2D eigenvalue weighted by Gasteiger charge is -2.11. The number of rotatable bonds is 8. The molecule has 0 radical (unpaired) electrons. The van der Waals surface area contributed by atoms with E-state index in [1.54, 1.807) is 12.1 Å². The van der Waals surface area contributed by atoms with Gasteiger partial charge in [-0.3, -0.25) is 4.79 Å². The Balaban J connectivity index is 2.27. The highest BCUT2D eigenvalue weighted by Crippen LogP contribution is 2.18. The number of halogens is 1. The van der Waals surface area contributed by atoms with Crippen LogP contribution in [-0.2, 0) is 0 Å². The SMILES string of the molecule is CC(C)CCCC(C)CCC(=O)c1ccc(Cl)cc1. The minimum absolute atomic E-state index is 0.229. The lowest BCUT2D eigenvalue weighted by atomic mass is 9.94. The van der Waals surface area contributed by atoms with Gasteiger partial charge in [-0.05, 0) is 42.5 Å². The van der Waals surface area contributed by atoms with Crippen LogP contribution in [0.2, 0.25) is 5.02 Å². The van der Waals surface area contributed by atoms with Crippen LogP contribution in [0.4, 0.5) is 0 Å². The molecule has 0 aliphatic heterocycles. The summed E-state index contributed by atoms with van der Waals surface area (Å²) in [5, 5.41) is 0.679. The molecule has 106 valence electrons. The fourth-order valence-corrected chi connectivity index (χ4v) is 2.30. The fraction of sp³-hybridized carbons (Fsp3) is 0.588. The van der Waals surface area contributed by atoms with Crippen LogP contribution >= 0.6 is 11.6 Å². The van der Waals surface area contributed by atoms with E-state index in [2.05, 4.69) is 20.8 Å². The van der Waals surface area contributed by atoms with Crippen LogP contribution in [0.1, 0.15) is 63.2 Å². The van der Waals surface area contributed by atoms with E-state index in [0.717, 1.165) is 17.9 Å². The minimum Gasteiger partial charge on any atom is -0.294 e. The molecule has 0 aromatic heterocycles. The molecule has 1 aromatic carbocycles. The summed E-state index contributed by atoms with van der Waals surface area (Å²) in [5.74, 6) is 1.64. The zero-order valence-electron chi connectivity index (χ0n) is 12.3. The first kappa shape index (κ1) is 16.2. The third kappa shape index (κ3) is 6.77. The highest BCUT2D eigenvalue weighted by Gasteiger charge is 2.09. The zero-order valence-corrected chi connectivity index (χ0v) is 13.0. The monoisotopic (exact) mass is 280 g/mol. The first-order valence-electron chi connectivity index (χ1n) is 7.27. The van der Waals surface area contributed by atoms with Gasteiger partial charge >= 0.3 is 0 Å². The molecule has 0 amide bonds. The van der Waals surface area contributed by atoms with Crippen molar-refractivity contribution in [1.82, 2.24) is 0 Å². The smallest absolute Gasteiger partial charge is 0.162 e. The van der Waals surface area contributed by atoms with Crippen molar-refractivity contribution in [2.75, 3.05) is 0 Å². The van der Waals surface area contributed by atoms with Gasteiger partial charge in [0, 0.05) is 17.0 Å². The molecular formula is C17H25ClO. The van der Waals surface area contributed by atoms with E-state index in [-0.39, 0.29) is 5.78 Å². The van der Waals surface area contributed by atoms with E-state index in [1.807, 2.05) is 12.1 Å². The van der Waals surface area contributed by atoms with E-state index in [1.165, 1.54) is 19.3 Å². The van der Waals surface area contributed by atoms with Crippen molar-refractivity contribution < 1.29 is 4.79 Å². The standard InChI is InChI=1S/C17H25ClO/c1-13(2)5-4-6-14(3)7-12-17(19)15-8-10-16(18)11-9-15/h8-11,13-14H,4-7,12H2,1-3H3. The second-order valence-corrected chi connectivity index (χ2v) is 6.34. The van der Waals surface area contributed by atoms with Crippen molar-refractivity contribution in [3.05, 3.63) is 34.9 Å². The molecule has 0 aliphatic rings. The summed E-state index contributed by atoms with van der Waals surface area (Å²) in [6, 6.07) is 7.18. The molecule has 2 heteroatoms. The number of ketones is 1. The molecule has 0 spiro atoms. The summed E-state index contributed by atoms with van der Waals surface area (Å²) in [5.41, 5.74) is 0.777. The quantitative estimate of drug-likeness (QED) is 0.553. The Kier molecular flexibility index (Phi) is 7.15. The number of carbonyl (C=O) groups excluding carboxylic acids is 1. The second kappa shape index (κ2) is 8.37. The minimum atomic E-state index is 0.229. The molecule has 1 nitrogen and oxygen atoms in total. The molecule has 1 atom stereocenters. The molecule has 1 rings (SSSR count). The summed E-state index contributed by atoms with van der Waals surface area (Å²) >= 11 is 5.82. The van der Waals surface area contributed by atoms with Crippen molar-refractivity contribution in [2.24, 2.45) is 11.8 Å². The topological polar surface area (TPSA) is 17.1 Å². The fourth-order valence-electron chi connectivity index (χ4n) is 2.18.